The third-order valence-corrected chi connectivity index (χ3v) is 0. The second-order valence-electron chi connectivity index (χ2n) is 0.245. The van der Waals surface area contributed by atoms with Crippen molar-refractivity contribution >= 4 is 26.1 Å². The van der Waals surface area contributed by atoms with Gasteiger partial charge in [0.05, 0.1) is 0 Å². The van der Waals surface area contributed by atoms with Crippen LogP contribution in [-0.2, 0) is 30.8 Å². The van der Waals surface area contributed by atoms with Crippen molar-refractivity contribution in [3.63, 3.8) is 0 Å². The molecule has 0 aromatic heterocycles. The molecule has 0 aliphatic carbocycles. The van der Waals surface area contributed by atoms with Gasteiger partial charge in [0, 0.05) is 0 Å². The summed E-state index contributed by atoms with van der Waals surface area (Å²) in [5.41, 5.74) is 0. The third-order valence-electron chi connectivity index (χ3n) is 0. The first-order chi connectivity index (χ1) is 4.24. The summed E-state index contributed by atoms with van der Waals surface area (Å²) >= 11 is 0. The maximum absolute atomic E-state index is 8.46. The van der Waals surface area contributed by atoms with Crippen LogP contribution in [0.25, 0.3) is 0 Å². The summed E-state index contributed by atoms with van der Waals surface area (Å²) in [6, 6.07) is 0. The molecule has 6 nitrogen and oxygen atoms in total. The Bertz CT molecular complexity index is 49.7. The van der Waals surface area contributed by atoms with Gasteiger partial charge in [-0.1, -0.05) is 0 Å². The van der Waals surface area contributed by atoms with Crippen LogP contribution in [0.5, 0.6) is 0 Å². The van der Waals surface area contributed by atoms with Crippen LogP contribution in [-0.4, -0.2) is 14.7 Å². The Labute approximate surface area is 72.0 Å². The normalized spacial score (nSPS) is 6.30. The molecule has 0 atom stereocenters. The van der Waals surface area contributed by atoms with E-state index >= 15 is 0 Å². The van der Waals surface area contributed by atoms with Crippen molar-refractivity contribution in [3.05, 3.63) is 0 Å². The molecular weight excluding hydrogens is 245 g/mol. The first-order valence-electron chi connectivity index (χ1n) is 1.15. The standard InChI is InChI=1S/Fe.3HO2P/c;3*1-3-2/h;3*(H,1,2)/q+3;;;. The minimum Gasteiger partial charge on any atom is -0.310 e. The zero-order chi connectivity index (χ0) is 8.12. The predicted molar refractivity (Wildman–Crippen MR) is 29.5 cm³/mol. The molecule has 0 spiro atoms. The van der Waals surface area contributed by atoms with E-state index < -0.39 is 26.1 Å². The zero-order valence-corrected chi connectivity index (χ0v) is 8.05. The summed E-state index contributed by atoms with van der Waals surface area (Å²) in [6.07, 6.45) is 0. The Kier molecular flexibility index (Phi) is 120. The van der Waals surface area contributed by atoms with E-state index in [1.54, 1.807) is 0 Å². The van der Waals surface area contributed by atoms with E-state index in [0.717, 1.165) is 0 Å². The Morgan fingerprint density at radius 3 is 0.700 bits per heavy atom. The third kappa shape index (κ3) is 1050. The van der Waals surface area contributed by atoms with Gasteiger partial charge < -0.3 is 14.7 Å². The van der Waals surface area contributed by atoms with Crippen LogP contribution in [0.3, 0.4) is 0 Å². The van der Waals surface area contributed by atoms with Gasteiger partial charge in [-0.2, -0.15) is 0 Å². The van der Waals surface area contributed by atoms with Crippen LogP contribution in [0.2, 0.25) is 0 Å². The number of hydrogen-bond acceptors (Lipinski definition) is 3. The molecule has 0 saturated carbocycles. The molecule has 0 aromatic rings. The van der Waals surface area contributed by atoms with Crippen molar-refractivity contribution in [3.8, 4) is 0 Å². The van der Waals surface area contributed by atoms with Crippen LogP contribution in [0.15, 0.2) is 0 Å². The smallest absolute Gasteiger partial charge is 0.310 e. The summed E-state index contributed by atoms with van der Waals surface area (Å²) in [7, 11) is -2.50. The molecule has 0 aromatic carbocycles. The molecule has 0 unspecified atom stereocenters. The molecule has 59 valence electrons. The monoisotopic (exact) mass is 248 g/mol. The van der Waals surface area contributed by atoms with Crippen molar-refractivity contribution in [2.75, 3.05) is 0 Å². The summed E-state index contributed by atoms with van der Waals surface area (Å²) < 4.78 is 25.4. The fourth-order valence-corrected chi connectivity index (χ4v) is 0. The first kappa shape index (κ1) is 22.4. The summed E-state index contributed by atoms with van der Waals surface area (Å²) in [5.74, 6) is 0. The van der Waals surface area contributed by atoms with E-state index in [2.05, 4.69) is 0 Å². The summed E-state index contributed by atoms with van der Waals surface area (Å²) in [4.78, 5) is 21.0. The largest absolute Gasteiger partial charge is 3.00 e. The molecule has 0 aliphatic rings. The molecule has 10 heavy (non-hydrogen) atoms. The van der Waals surface area contributed by atoms with E-state index in [-0.39, 0.29) is 17.1 Å². The number of hydrogen-bond donors (Lipinski definition) is 3. The fourth-order valence-electron chi connectivity index (χ4n) is 0. The van der Waals surface area contributed by atoms with Gasteiger partial charge in [-0.05, 0) is 0 Å². The van der Waals surface area contributed by atoms with E-state index in [1.807, 2.05) is 0 Å². The van der Waals surface area contributed by atoms with Gasteiger partial charge in [-0.25, -0.2) is 13.7 Å². The topological polar surface area (TPSA) is 112 Å². The summed E-state index contributed by atoms with van der Waals surface area (Å²) in [5, 5.41) is 0. The van der Waals surface area contributed by atoms with Crippen molar-refractivity contribution in [1.29, 1.82) is 0 Å². The Hall–Kier alpha value is 0.699. The SMILES string of the molecule is O=PO.O=PO.O=PO.[Fe+3]. The maximum atomic E-state index is 8.46. The first-order valence-corrected chi connectivity index (χ1v) is 3.44. The Morgan fingerprint density at radius 2 is 0.700 bits per heavy atom. The van der Waals surface area contributed by atoms with E-state index in [0.29, 0.717) is 0 Å². The second kappa shape index (κ2) is 53.6. The fraction of sp³-hybridized carbons (Fsp3) is 0. The van der Waals surface area contributed by atoms with Gasteiger partial charge in [0.15, 0.2) is 0 Å². The molecule has 0 amide bonds. The molecule has 0 heterocycles. The van der Waals surface area contributed by atoms with E-state index in [9.17, 15) is 0 Å². The van der Waals surface area contributed by atoms with Gasteiger partial charge in [-0.15, -0.1) is 0 Å². The number of rotatable bonds is 0. The zero-order valence-electron chi connectivity index (χ0n) is 4.26. The van der Waals surface area contributed by atoms with Gasteiger partial charge in [0.2, 0.25) is 0 Å². The predicted octanol–water partition coefficient (Wildman–Crippen LogP) is 0.554. The van der Waals surface area contributed by atoms with Crippen LogP contribution in [0.1, 0.15) is 0 Å². The molecule has 10 heteroatoms. The molecule has 0 aliphatic heterocycles. The Balaban J connectivity index is -0.0000000257. The molecule has 0 fully saturated rings. The maximum Gasteiger partial charge on any atom is 3.00 e. The van der Waals surface area contributed by atoms with E-state index in [1.165, 1.54) is 0 Å². The molecule has 1 radical (unpaired) electrons. The Morgan fingerprint density at radius 1 is 0.700 bits per heavy atom. The van der Waals surface area contributed by atoms with Crippen molar-refractivity contribution < 1.29 is 45.4 Å². The average molecular weight is 248 g/mol. The van der Waals surface area contributed by atoms with Crippen LogP contribution in [0.4, 0.5) is 0 Å². The van der Waals surface area contributed by atoms with Crippen LogP contribution < -0.4 is 0 Å². The molecule has 0 rings (SSSR count). The van der Waals surface area contributed by atoms with Crippen LogP contribution >= 0.6 is 26.1 Å². The average Bonchev–Trinajstić information content (AvgIpc) is 1.70. The van der Waals surface area contributed by atoms with Crippen molar-refractivity contribution in [2.24, 2.45) is 0 Å². The minimum absolute atomic E-state index is 0. The van der Waals surface area contributed by atoms with E-state index in [4.69, 9.17) is 28.4 Å². The molecular formula is H3FeO6P3+3. The van der Waals surface area contributed by atoms with Gasteiger partial charge in [0.1, 0.15) is 0 Å². The van der Waals surface area contributed by atoms with Crippen LogP contribution in [0, 0.1) is 0 Å². The molecule has 3 N–H and O–H groups in total. The van der Waals surface area contributed by atoms with Gasteiger partial charge in [-0.3, -0.25) is 0 Å². The van der Waals surface area contributed by atoms with Crippen molar-refractivity contribution in [1.82, 2.24) is 0 Å². The van der Waals surface area contributed by atoms with Gasteiger partial charge in [0.25, 0.3) is 0 Å². The quantitative estimate of drug-likeness (QED) is 0.426. The van der Waals surface area contributed by atoms with Gasteiger partial charge >= 0.3 is 43.1 Å². The second-order valence-corrected chi connectivity index (χ2v) is 0.735. The summed E-state index contributed by atoms with van der Waals surface area (Å²) in [6.45, 7) is 0. The minimum atomic E-state index is -0.833. The molecule has 0 saturated heterocycles. The molecule has 0 bridgehead atoms. The van der Waals surface area contributed by atoms with Crippen molar-refractivity contribution in [2.45, 2.75) is 0 Å².